The average molecular weight is 617 g/mol. The van der Waals surface area contributed by atoms with Gasteiger partial charge in [-0.25, -0.2) is 0 Å². The molecule has 1 atom stereocenters. The summed E-state index contributed by atoms with van der Waals surface area (Å²) >= 11 is 0. The molecule has 3 heterocycles. The maximum absolute atomic E-state index is 13.0. The summed E-state index contributed by atoms with van der Waals surface area (Å²) in [6.07, 6.45) is 2.32. The van der Waals surface area contributed by atoms with E-state index in [1.807, 2.05) is 6.07 Å². The number of methoxy groups -OCH3 is 1. The van der Waals surface area contributed by atoms with Crippen molar-refractivity contribution in [1.82, 2.24) is 25.8 Å². The van der Waals surface area contributed by atoms with E-state index in [1.54, 1.807) is 30.3 Å². The van der Waals surface area contributed by atoms with Gasteiger partial charge < -0.3 is 35.6 Å². The first-order valence-corrected chi connectivity index (χ1v) is 15.3. The second kappa shape index (κ2) is 15.0. The number of ether oxygens (including phenoxy) is 2. The molecule has 3 aliphatic heterocycles. The van der Waals surface area contributed by atoms with Crippen molar-refractivity contribution in [1.29, 1.82) is 0 Å². The molecule has 0 saturated carbocycles. The summed E-state index contributed by atoms with van der Waals surface area (Å²) in [4.78, 5) is 53.3. The van der Waals surface area contributed by atoms with E-state index in [-0.39, 0.29) is 30.2 Å². The Labute approximate surface area is 263 Å². The van der Waals surface area contributed by atoms with Crippen LogP contribution < -0.4 is 26.4 Å². The first-order chi connectivity index (χ1) is 21.8. The fraction of sp³-hybridized carbons (Fsp3) is 0.455. The summed E-state index contributed by atoms with van der Waals surface area (Å²) in [6.45, 7) is 5.26. The van der Waals surface area contributed by atoms with Crippen LogP contribution in [0.4, 0.5) is 5.69 Å². The number of carbonyl (C=O) groups excluding carboxylic acids is 4. The number of benzene rings is 2. The predicted molar refractivity (Wildman–Crippen MR) is 167 cm³/mol. The molecule has 2 saturated heterocycles. The van der Waals surface area contributed by atoms with E-state index in [1.165, 1.54) is 12.0 Å². The summed E-state index contributed by atoms with van der Waals surface area (Å²) in [7, 11) is 1.53. The molecule has 2 fully saturated rings. The zero-order valence-electron chi connectivity index (χ0n) is 25.5. The topological polar surface area (TPSA) is 155 Å². The zero-order valence-corrected chi connectivity index (χ0v) is 25.5. The maximum Gasteiger partial charge on any atom is 0.255 e. The van der Waals surface area contributed by atoms with Gasteiger partial charge in [-0.3, -0.25) is 24.5 Å². The highest BCUT2D eigenvalue weighted by Crippen LogP contribution is 2.29. The minimum atomic E-state index is -0.643. The number of hydrogen-bond acceptors (Lipinski definition) is 9. The van der Waals surface area contributed by atoms with Crippen molar-refractivity contribution in [3.05, 3.63) is 58.7 Å². The molecule has 0 spiro atoms. The monoisotopic (exact) mass is 616 g/mol. The SMILES string of the molecule is COc1cc(C(=O)NC2CCN(CCOCCNCC#Cc3cccc4c3CN(C3CCC(=O)NC3=O)C4=O)CC2)ccc1N. The van der Waals surface area contributed by atoms with Gasteiger partial charge in [0.15, 0.2) is 0 Å². The third-order valence-electron chi connectivity index (χ3n) is 8.41. The van der Waals surface area contributed by atoms with Crippen LogP contribution in [0.1, 0.15) is 57.5 Å². The van der Waals surface area contributed by atoms with Crippen LogP contribution in [0.5, 0.6) is 5.75 Å². The molecule has 0 aromatic heterocycles. The summed E-state index contributed by atoms with van der Waals surface area (Å²) in [5.41, 5.74) is 9.02. The highest BCUT2D eigenvalue weighted by molar-refractivity contribution is 6.05. The molecular formula is C33H40N6O6. The fourth-order valence-corrected chi connectivity index (χ4v) is 5.86. The van der Waals surface area contributed by atoms with E-state index in [4.69, 9.17) is 15.2 Å². The quantitative estimate of drug-likeness (QED) is 0.125. The van der Waals surface area contributed by atoms with Gasteiger partial charge in [0.1, 0.15) is 11.8 Å². The van der Waals surface area contributed by atoms with Gasteiger partial charge in [-0.2, -0.15) is 0 Å². The molecule has 2 aromatic carbocycles. The molecule has 45 heavy (non-hydrogen) atoms. The van der Waals surface area contributed by atoms with Gasteiger partial charge in [-0.15, -0.1) is 0 Å². The van der Waals surface area contributed by atoms with Gasteiger partial charge in [-0.1, -0.05) is 17.9 Å². The lowest BCUT2D eigenvalue weighted by atomic mass is 10.0. The van der Waals surface area contributed by atoms with Crippen molar-refractivity contribution in [3.8, 4) is 17.6 Å². The average Bonchev–Trinajstić information content (AvgIpc) is 3.37. The molecule has 12 heteroatoms. The van der Waals surface area contributed by atoms with Gasteiger partial charge >= 0.3 is 0 Å². The van der Waals surface area contributed by atoms with Crippen molar-refractivity contribution in [3.63, 3.8) is 0 Å². The van der Waals surface area contributed by atoms with Crippen molar-refractivity contribution in [2.75, 3.05) is 58.8 Å². The lowest BCUT2D eigenvalue weighted by Gasteiger charge is -2.32. The van der Waals surface area contributed by atoms with Crippen molar-refractivity contribution < 1.29 is 28.7 Å². The van der Waals surface area contributed by atoms with Gasteiger partial charge in [-0.05, 0) is 55.2 Å². The summed E-state index contributed by atoms with van der Waals surface area (Å²) < 4.78 is 11.0. The van der Waals surface area contributed by atoms with Gasteiger partial charge in [0.25, 0.3) is 11.8 Å². The van der Waals surface area contributed by atoms with Crippen molar-refractivity contribution >= 4 is 29.3 Å². The van der Waals surface area contributed by atoms with E-state index < -0.39 is 11.9 Å². The van der Waals surface area contributed by atoms with Gasteiger partial charge in [0.05, 0.1) is 32.6 Å². The number of amides is 4. The minimum absolute atomic E-state index is 0.119. The van der Waals surface area contributed by atoms with Crippen LogP contribution >= 0.6 is 0 Å². The van der Waals surface area contributed by atoms with Gasteiger partial charge in [0.2, 0.25) is 11.8 Å². The standard InChI is InChI=1S/C33H40N6O6/c1-44-29-20-23(7-8-27(29)34)31(41)36-24-11-15-38(16-12-24)17-19-45-18-14-35-13-3-5-22-4-2-6-25-26(22)21-39(33(25)43)28-9-10-30(40)37-32(28)42/h2,4,6-8,20,24,28,35H,9-19,21,34H2,1H3,(H,36,41)(H,37,40,42). The molecule has 5 N–H and O–H groups in total. The van der Waals surface area contributed by atoms with E-state index in [9.17, 15) is 19.2 Å². The normalized spacial score (nSPS) is 18.6. The number of nitrogen functional groups attached to an aromatic ring is 1. The third kappa shape index (κ3) is 7.99. The minimum Gasteiger partial charge on any atom is -0.495 e. The predicted octanol–water partition coefficient (Wildman–Crippen LogP) is 0.891. The summed E-state index contributed by atoms with van der Waals surface area (Å²) in [5.74, 6) is 5.72. The number of piperidine rings is 2. The van der Waals surface area contributed by atoms with Crippen LogP contribution in [0, 0.1) is 11.8 Å². The lowest BCUT2D eigenvalue weighted by molar-refractivity contribution is -0.136. The number of nitrogens with two attached hydrogens (primary N) is 1. The van der Waals surface area contributed by atoms with E-state index >= 15 is 0 Å². The number of imide groups is 1. The largest absolute Gasteiger partial charge is 0.495 e. The Morgan fingerprint density at radius 2 is 1.93 bits per heavy atom. The van der Waals surface area contributed by atoms with Crippen LogP contribution in [-0.4, -0.2) is 98.6 Å². The Morgan fingerprint density at radius 3 is 2.71 bits per heavy atom. The van der Waals surface area contributed by atoms with E-state index in [0.717, 1.165) is 43.6 Å². The number of hydrogen-bond donors (Lipinski definition) is 4. The third-order valence-corrected chi connectivity index (χ3v) is 8.41. The van der Waals surface area contributed by atoms with Gasteiger partial charge in [0, 0.05) is 61.9 Å². The molecule has 238 valence electrons. The summed E-state index contributed by atoms with van der Waals surface area (Å²) in [6, 6.07) is 9.97. The molecule has 1 unspecified atom stereocenters. The first-order valence-electron chi connectivity index (χ1n) is 15.3. The van der Waals surface area contributed by atoms with Crippen molar-refractivity contribution in [2.24, 2.45) is 0 Å². The second-order valence-electron chi connectivity index (χ2n) is 11.4. The molecule has 0 aliphatic carbocycles. The van der Waals surface area contributed by atoms with E-state index in [2.05, 4.69) is 32.7 Å². The summed E-state index contributed by atoms with van der Waals surface area (Å²) in [5, 5.41) is 8.70. The molecule has 12 nitrogen and oxygen atoms in total. The Kier molecular flexibility index (Phi) is 10.7. The Morgan fingerprint density at radius 1 is 1.11 bits per heavy atom. The Bertz CT molecular complexity index is 1490. The molecule has 2 aromatic rings. The molecule has 0 bridgehead atoms. The van der Waals surface area contributed by atoms with Crippen LogP contribution in [0.25, 0.3) is 0 Å². The molecule has 3 aliphatic rings. The van der Waals surface area contributed by atoms with E-state index in [0.29, 0.717) is 61.8 Å². The smallest absolute Gasteiger partial charge is 0.255 e. The van der Waals surface area contributed by atoms with Crippen molar-refractivity contribution in [2.45, 2.75) is 44.3 Å². The van der Waals surface area contributed by atoms with Crippen LogP contribution in [-0.2, 0) is 20.9 Å². The molecular weight excluding hydrogens is 576 g/mol. The number of rotatable bonds is 11. The highest BCUT2D eigenvalue weighted by Gasteiger charge is 2.39. The Hall–Kier alpha value is -4.44. The highest BCUT2D eigenvalue weighted by atomic mass is 16.5. The number of likely N-dealkylation sites (tertiary alicyclic amines) is 1. The zero-order chi connectivity index (χ0) is 31.8. The molecule has 4 amide bonds. The number of nitrogens with one attached hydrogen (secondary N) is 3. The van der Waals surface area contributed by atoms with Crippen LogP contribution in [0.15, 0.2) is 36.4 Å². The second-order valence-corrected chi connectivity index (χ2v) is 11.4. The fourth-order valence-electron chi connectivity index (χ4n) is 5.86. The number of nitrogens with zero attached hydrogens (tertiary/aromatic N) is 2. The Balaban J connectivity index is 0.954. The van der Waals surface area contributed by atoms with Crippen LogP contribution in [0.2, 0.25) is 0 Å². The number of anilines is 1. The first kappa shape index (κ1) is 32.0. The van der Waals surface area contributed by atoms with Crippen LogP contribution in [0.3, 0.4) is 0 Å². The maximum atomic E-state index is 13.0. The molecule has 0 radical (unpaired) electrons. The number of fused-ring (bicyclic) bond motifs is 1. The number of carbonyl (C=O) groups is 4. The lowest BCUT2D eigenvalue weighted by Crippen LogP contribution is -2.52. The molecule has 5 rings (SSSR count).